The molecule has 0 aliphatic carbocycles. The van der Waals surface area contributed by atoms with Crippen molar-refractivity contribution in [2.45, 2.75) is 26.0 Å². The standard InChI is InChI=1S/C20H22BrF2NO4/c1-24(13-14-8-9-17(26-2)18(11-14)28-20(22)23)19(25)7-4-10-27-16-6-3-5-15(21)12-16/h3,5-6,8-9,11-12,20H,4,7,10,13H2,1-2H3. The maximum absolute atomic E-state index is 12.5. The van der Waals surface area contributed by atoms with Gasteiger partial charge in [-0.25, -0.2) is 0 Å². The van der Waals surface area contributed by atoms with Crippen molar-refractivity contribution in [2.75, 3.05) is 20.8 Å². The molecule has 2 rings (SSSR count). The van der Waals surface area contributed by atoms with Gasteiger partial charge in [0.25, 0.3) is 0 Å². The van der Waals surface area contributed by atoms with Crippen LogP contribution in [-0.2, 0) is 11.3 Å². The molecule has 0 bridgehead atoms. The molecule has 0 unspecified atom stereocenters. The van der Waals surface area contributed by atoms with Crippen molar-refractivity contribution in [1.82, 2.24) is 4.90 Å². The number of halogens is 3. The first-order valence-electron chi connectivity index (χ1n) is 8.63. The predicted octanol–water partition coefficient (Wildman–Crippen LogP) is 4.88. The molecule has 0 fully saturated rings. The maximum atomic E-state index is 12.5. The zero-order valence-corrected chi connectivity index (χ0v) is 17.2. The minimum Gasteiger partial charge on any atom is -0.494 e. The van der Waals surface area contributed by atoms with Crippen LogP contribution in [0.2, 0.25) is 0 Å². The minimum absolute atomic E-state index is 0.0572. The highest BCUT2D eigenvalue weighted by atomic mass is 79.9. The van der Waals surface area contributed by atoms with Crippen LogP contribution >= 0.6 is 15.9 Å². The number of hydrogen-bond donors (Lipinski definition) is 0. The van der Waals surface area contributed by atoms with Gasteiger partial charge in [-0.15, -0.1) is 0 Å². The Bertz CT molecular complexity index is 789. The molecule has 8 heteroatoms. The molecule has 28 heavy (non-hydrogen) atoms. The van der Waals surface area contributed by atoms with E-state index in [9.17, 15) is 13.6 Å². The Balaban J connectivity index is 1.83. The van der Waals surface area contributed by atoms with Gasteiger partial charge in [0.05, 0.1) is 13.7 Å². The number of carbonyl (C=O) groups is 1. The molecule has 152 valence electrons. The number of carbonyl (C=O) groups excluding carboxylic acids is 1. The average Bonchev–Trinajstić information content (AvgIpc) is 2.65. The first kappa shape index (κ1) is 21.9. The fourth-order valence-electron chi connectivity index (χ4n) is 2.53. The van der Waals surface area contributed by atoms with Crippen molar-refractivity contribution in [1.29, 1.82) is 0 Å². The minimum atomic E-state index is -2.95. The summed E-state index contributed by atoms with van der Waals surface area (Å²) in [6.45, 7) is -2.26. The van der Waals surface area contributed by atoms with Crippen LogP contribution in [0.15, 0.2) is 46.9 Å². The van der Waals surface area contributed by atoms with E-state index in [0.717, 1.165) is 10.2 Å². The topological polar surface area (TPSA) is 48.0 Å². The molecule has 0 saturated heterocycles. The molecule has 5 nitrogen and oxygen atoms in total. The van der Waals surface area contributed by atoms with E-state index in [4.69, 9.17) is 9.47 Å². The van der Waals surface area contributed by atoms with Gasteiger partial charge in [0.2, 0.25) is 5.91 Å². The van der Waals surface area contributed by atoms with Crippen LogP contribution in [0.4, 0.5) is 8.78 Å². The van der Waals surface area contributed by atoms with E-state index in [-0.39, 0.29) is 24.0 Å². The molecule has 0 atom stereocenters. The third-order valence-corrected chi connectivity index (χ3v) is 4.38. The summed E-state index contributed by atoms with van der Waals surface area (Å²) in [4.78, 5) is 13.8. The molecule has 0 spiro atoms. The van der Waals surface area contributed by atoms with Crippen LogP contribution in [0.25, 0.3) is 0 Å². The van der Waals surface area contributed by atoms with Crippen molar-refractivity contribution in [3.8, 4) is 17.2 Å². The summed E-state index contributed by atoms with van der Waals surface area (Å²) in [5.41, 5.74) is 0.665. The Labute approximate surface area is 171 Å². The van der Waals surface area contributed by atoms with E-state index in [0.29, 0.717) is 25.0 Å². The van der Waals surface area contributed by atoms with Crippen molar-refractivity contribution >= 4 is 21.8 Å². The second-order valence-electron chi connectivity index (χ2n) is 6.02. The number of benzene rings is 2. The third kappa shape index (κ3) is 6.99. The summed E-state index contributed by atoms with van der Waals surface area (Å²) in [5.74, 6) is 0.825. The summed E-state index contributed by atoms with van der Waals surface area (Å²) in [6, 6.07) is 12.2. The number of rotatable bonds is 10. The maximum Gasteiger partial charge on any atom is 0.387 e. The Morgan fingerprint density at radius 2 is 1.96 bits per heavy atom. The summed E-state index contributed by atoms with van der Waals surface area (Å²) in [6.07, 6.45) is 0.888. The molecular weight excluding hydrogens is 436 g/mol. The van der Waals surface area contributed by atoms with Crippen LogP contribution in [0.5, 0.6) is 17.2 Å². The van der Waals surface area contributed by atoms with Gasteiger partial charge in [-0.1, -0.05) is 28.1 Å². The van der Waals surface area contributed by atoms with Gasteiger partial charge in [0, 0.05) is 24.5 Å². The van der Waals surface area contributed by atoms with Crippen LogP contribution < -0.4 is 14.2 Å². The summed E-state index contributed by atoms with van der Waals surface area (Å²) < 4.78 is 41.1. The average molecular weight is 458 g/mol. The number of methoxy groups -OCH3 is 1. The van der Waals surface area contributed by atoms with E-state index >= 15 is 0 Å². The Morgan fingerprint density at radius 3 is 2.64 bits per heavy atom. The molecule has 0 aromatic heterocycles. The third-order valence-electron chi connectivity index (χ3n) is 3.89. The van der Waals surface area contributed by atoms with Crippen LogP contribution in [0.1, 0.15) is 18.4 Å². The molecule has 0 radical (unpaired) electrons. The van der Waals surface area contributed by atoms with Gasteiger partial charge in [-0.05, 0) is 42.3 Å². The number of ether oxygens (including phenoxy) is 3. The highest BCUT2D eigenvalue weighted by Gasteiger charge is 2.14. The monoisotopic (exact) mass is 457 g/mol. The van der Waals surface area contributed by atoms with E-state index in [1.54, 1.807) is 13.1 Å². The van der Waals surface area contributed by atoms with Crippen molar-refractivity contribution < 1.29 is 27.8 Å². The Hall–Kier alpha value is -2.35. The summed E-state index contributed by atoms with van der Waals surface area (Å²) >= 11 is 3.37. The van der Waals surface area contributed by atoms with Crippen molar-refractivity contribution in [3.05, 3.63) is 52.5 Å². The smallest absolute Gasteiger partial charge is 0.387 e. The lowest BCUT2D eigenvalue weighted by atomic mass is 10.2. The molecule has 2 aromatic carbocycles. The largest absolute Gasteiger partial charge is 0.494 e. The number of nitrogens with zero attached hydrogens (tertiary/aromatic N) is 1. The van der Waals surface area contributed by atoms with Crippen LogP contribution in [0, 0.1) is 0 Å². The van der Waals surface area contributed by atoms with E-state index in [2.05, 4.69) is 20.7 Å². The normalized spacial score (nSPS) is 10.6. The summed E-state index contributed by atoms with van der Waals surface area (Å²) in [5, 5.41) is 0. The van der Waals surface area contributed by atoms with Crippen molar-refractivity contribution in [3.63, 3.8) is 0 Å². The Morgan fingerprint density at radius 1 is 1.18 bits per heavy atom. The fourth-order valence-corrected chi connectivity index (χ4v) is 2.91. The number of amides is 1. The number of hydrogen-bond acceptors (Lipinski definition) is 4. The fraction of sp³-hybridized carbons (Fsp3) is 0.350. The second-order valence-corrected chi connectivity index (χ2v) is 6.94. The lowest BCUT2D eigenvalue weighted by Crippen LogP contribution is -2.26. The molecule has 1 amide bonds. The highest BCUT2D eigenvalue weighted by Crippen LogP contribution is 2.30. The highest BCUT2D eigenvalue weighted by molar-refractivity contribution is 9.10. The quantitative estimate of drug-likeness (QED) is 0.477. The predicted molar refractivity (Wildman–Crippen MR) is 105 cm³/mol. The van der Waals surface area contributed by atoms with E-state index in [1.807, 2.05) is 24.3 Å². The van der Waals surface area contributed by atoms with Gasteiger partial charge in [0.15, 0.2) is 11.5 Å². The zero-order valence-electron chi connectivity index (χ0n) is 15.7. The summed E-state index contributed by atoms with van der Waals surface area (Å²) in [7, 11) is 3.04. The van der Waals surface area contributed by atoms with Crippen molar-refractivity contribution in [2.24, 2.45) is 0 Å². The first-order valence-corrected chi connectivity index (χ1v) is 9.42. The van der Waals surface area contributed by atoms with E-state index in [1.165, 1.54) is 24.1 Å². The van der Waals surface area contributed by atoms with Gasteiger partial charge < -0.3 is 19.1 Å². The molecule has 0 aliphatic rings. The van der Waals surface area contributed by atoms with Gasteiger partial charge in [-0.2, -0.15) is 8.78 Å². The van der Waals surface area contributed by atoms with Gasteiger partial charge in [-0.3, -0.25) is 4.79 Å². The second kappa shape index (κ2) is 10.8. The lowest BCUT2D eigenvalue weighted by Gasteiger charge is -2.18. The molecule has 0 N–H and O–H groups in total. The molecule has 0 saturated carbocycles. The zero-order chi connectivity index (χ0) is 20.5. The van der Waals surface area contributed by atoms with E-state index < -0.39 is 6.61 Å². The molecule has 0 aliphatic heterocycles. The SMILES string of the molecule is COc1ccc(CN(C)C(=O)CCCOc2cccc(Br)c2)cc1OC(F)F. The number of alkyl halides is 2. The lowest BCUT2D eigenvalue weighted by molar-refractivity contribution is -0.130. The van der Waals surface area contributed by atoms with Crippen LogP contribution in [-0.4, -0.2) is 38.2 Å². The first-order chi connectivity index (χ1) is 13.4. The van der Waals surface area contributed by atoms with Gasteiger partial charge in [0.1, 0.15) is 5.75 Å². The Kier molecular flexibility index (Phi) is 8.50. The molecular formula is C20H22BrF2NO4. The van der Waals surface area contributed by atoms with Crippen LogP contribution in [0.3, 0.4) is 0 Å². The molecule has 0 heterocycles. The van der Waals surface area contributed by atoms with Gasteiger partial charge >= 0.3 is 6.61 Å². The molecule has 2 aromatic rings.